The van der Waals surface area contributed by atoms with Gasteiger partial charge in [0.1, 0.15) is 0 Å². The van der Waals surface area contributed by atoms with Crippen LogP contribution in [-0.2, 0) is 6.54 Å². The second-order valence-corrected chi connectivity index (χ2v) is 6.50. The molecule has 0 aliphatic heterocycles. The van der Waals surface area contributed by atoms with Crippen molar-refractivity contribution in [3.63, 3.8) is 0 Å². The van der Waals surface area contributed by atoms with Crippen molar-refractivity contribution in [3.05, 3.63) is 31.9 Å². The summed E-state index contributed by atoms with van der Waals surface area (Å²) in [7, 11) is 0. The molecule has 1 saturated carbocycles. The van der Waals surface area contributed by atoms with Gasteiger partial charge in [-0.1, -0.05) is 11.3 Å². The van der Waals surface area contributed by atoms with Gasteiger partial charge in [0, 0.05) is 12.6 Å². The maximum absolute atomic E-state index is 12.3. The highest BCUT2D eigenvalue weighted by molar-refractivity contribution is 7.17. The minimum absolute atomic E-state index is 0.0619. The number of carbonyl (C=O) groups is 1. The summed E-state index contributed by atoms with van der Waals surface area (Å²) in [4.78, 5) is 14.2. The molecule has 0 radical (unpaired) electrons. The number of carbonyl (C=O) groups excluding carboxylic acids is 1. The molecule has 0 atom stereocenters. The van der Waals surface area contributed by atoms with Crippen LogP contribution in [0.4, 0.5) is 0 Å². The molecule has 2 aromatic heterocycles. The predicted octanol–water partition coefficient (Wildman–Crippen LogP) is 3.06. The van der Waals surface area contributed by atoms with E-state index in [2.05, 4.69) is 15.6 Å². The molecule has 94 valence electrons. The van der Waals surface area contributed by atoms with E-state index >= 15 is 0 Å². The van der Waals surface area contributed by atoms with Gasteiger partial charge in [0.2, 0.25) is 9.47 Å². The zero-order valence-electron chi connectivity index (χ0n) is 9.38. The first-order valence-corrected chi connectivity index (χ1v) is 7.69. The van der Waals surface area contributed by atoms with Gasteiger partial charge in [0.25, 0.3) is 5.91 Å². The van der Waals surface area contributed by atoms with Crippen LogP contribution < -0.4 is 0 Å². The van der Waals surface area contributed by atoms with Crippen molar-refractivity contribution >= 4 is 40.2 Å². The summed E-state index contributed by atoms with van der Waals surface area (Å²) in [6.45, 7) is 0.643. The van der Waals surface area contributed by atoms with E-state index in [0.29, 0.717) is 22.1 Å². The van der Waals surface area contributed by atoms with E-state index in [9.17, 15) is 4.79 Å². The fourth-order valence-electron chi connectivity index (χ4n) is 1.75. The smallest absolute Gasteiger partial charge is 0.285 e. The summed E-state index contributed by atoms with van der Waals surface area (Å²) in [6, 6.07) is 2.39. The molecule has 3 rings (SSSR count). The van der Waals surface area contributed by atoms with Crippen LogP contribution in [0.25, 0.3) is 0 Å². The molecule has 1 fully saturated rings. The van der Waals surface area contributed by atoms with Gasteiger partial charge in [-0.2, -0.15) is 11.3 Å². The Morgan fingerprint density at radius 3 is 2.89 bits per heavy atom. The first-order valence-electron chi connectivity index (χ1n) is 5.55. The van der Waals surface area contributed by atoms with Crippen molar-refractivity contribution in [2.75, 3.05) is 0 Å². The lowest BCUT2D eigenvalue weighted by Gasteiger charge is -2.20. The highest BCUT2D eigenvalue weighted by Crippen LogP contribution is 2.31. The lowest BCUT2D eigenvalue weighted by atomic mass is 10.3. The van der Waals surface area contributed by atoms with Crippen molar-refractivity contribution in [1.82, 2.24) is 15.1 Å². The van der Waals surface area contributed by atoms with E-state index in [1.807, 2.05) is 16.3 Å². The first kappa shape index (κ1) is 12.1. The van der Waals surface area contributed by atoms with Gasteiger partial charge in [0.15, 0.2) is 0 Å². The van der Waals surface area contributed by atoms with Crippen molar-refractivity contribution in [2.45, 2.75) is 25.4 Å². The molecule has 0 aromatic carbocycles. The van der Waals surface area contributed by atoms with Crippen LogP contribution in [0.2, 0.25) is 4.47 Å². The zero-order valence-corrected chi connectivity index (χ0v) is 11.8. The molecule has 0 unspecified atom stereocenters. The third-order valence-corrected chi connectivity index (χ3v) is 4.50. The third-order valence-electron chi connectivity index (χ3n) is 2.76. The number of halogens is 1. The maximum atomic E-state index is 12.3. The summed E-state index contributed by atoms with van der Waals surface area (Å²) in [5.41, 5.74) is 1.16. The van der Waals surface area contributed by atoms with E-state index in [1.165, 1.54) is 0 Å². The molecular weight excluding hydrogens is 290 g/mol. The molecule has 1 amide bonds. The van der Waals surface area contributed by atoms with E-state index in [1.54, 1.807) is 11.3 Å². The van der Waals surface area contributed by atoms with Crippen LogP contribution in [0.5, 0.6) is 0 Å². The van der Waals surface area contributed by atoms with Gasteiger partial charge in [-0.25, -0.2) is 0 Å². The summed E-state index contributed by atoms with van der Waals surface area (Å²) in [6.07, 6.45) is 2.14. The molecule has 2 heterocycles. The Bertz CT molecular complexity index is 550. The van der Waals surface area contributed by atoms with Gasteiger partial charge < -0.3 is 4.90 Å². The van der Waals surface area contributed by atoms with Gasteiger partial charge in [-0.05, 0) is 46.8 Å². The van der Waals surface area contributed by atoms with Crippen LogP contribution in [0, 0.1) is 0 Å². The number of rotatable bonds is 4. The van der Waals surface area contributed by atoms with Gasteiger partial charge >= 0.3 is 0 Å². The molecule has 4 nitrogen and oxygen atoms in total. The lowest BCUT2D eigenvalue weighted by Crippen LogP contribution is -2.32. The molecule has 2 aromatic rings. The van der Waals surface area contributed by atoms with Crippen molar-refractivity contribution in [3.8, 4) is 0 Å². The number of amides is 1. The monoisotopic (exact) mass is 299 g/mol. The van der Waals surface area contributed by atoms with Crippen LogP contribution in [0.3, 0.4) is 0 Å². The molecule has 0 bridgehead atoms. The third kappa shape index (κ3) is 2.55. The fraction of sp³-hybridized carbons (Fsp3) is 0.364. The SMILES string of the molecule is O=C(c1nnc(Cl)s1)N(Cc1ccsc1)C1CC1. The standard InChI is InChI=1S/C11H10ClN3OS2/c12-11-14-13-9(18-11)10(16)15(8-1-2-8)5-7-3-4-17-6-7/h3-4,6,8H,1-2,5H2. The Kier molecular flexibility index (Phi) is 3.32. The zero-order chi connectivity index (χ0) is 12.5. The minimum Gasteiger partial charge on any atom is -0.329 e. The average Bonchev–Trinajstić information content (AvgIpc) is 2.88. The molecule has 0 N–H and O–H groups in total. The van der Waals surface area contributed by atoms with Gasteiger partial charge in [-0.15, -0.1) is 10.2 Å². The normalized spacial score (nSPS) is 14.7. The van der Waals surface area contributed by atoms with E-state index in [0.717, 1.165) is 29.7 Å². The molecule has 18 heavy (non-hydrogen) atoms. The Balaban J connectivity index is 1.79. The van der Waals surface area contributed by atoms with Gasteiger partial charge in [-0.3, -0.25) is 4.79 Å². The minimum atomic E-state index is -0.0619. The second kappa shape index (κ2) is 4.95. The predicted molar refractivity (Wildman–Crippen MR) is 72.1 cm³/mol. The number of aromatic nitrogens is 2. The Morgan fingerprint density at radius 1 is 1.50 bits per heavy atom. The second-order valence-electron chi connectivity index (χ2n) is 4.16. The number of nitrogens with zero attached hydrogens (tertiary/aromatic N) is 3. The average molecular weight is 300 g/mol. The quantitative estimate of drug-likeness (QED) is 0.871. The molecule has 0 spiro atoms. The summed E-state index contributed by atoms with van der Waals surface area (Å²) in [5, 5.41) is 12.0. The molecule has 0 saturated heterocycles. The van der Waals surface area contributed by atoms with Crippen molar-refractivity contribution < 1.29 is 4.79 Å². The lowest BCUT2D eigenvalue weighted by molar-refractivity contribution is 0.0729. The van der Waals surface area contributed by atoms with Crippen LogP contribution in [0.1, 0.15) is 28.2 Å². The molecule has 7 heteroatoms. The highest BCUT2D eigenvalue weighted by Gasteiger charge is 2.34. The Hall–Kier alpha value is -0.980. The fourth-order valence-corrected chi connectivity index (χ4v) is 3.19. The summed E-state index contributed by atoms with van der Waals surface area (Å²) in [5.74, 6) is -0.0619. The van der Waals surface area contributed by atoms with E-state index in [4.69, 9.17) is 11.6 Å². The number of hydrogen-bond acceptors (Lipinski definition) is 5. The first-order chi connectivity index (χ1) is 8.74. The Morgan fingerprint density at radius 2 is 2.33 bits per heavy atom. The Labute approximate surface area is 117 Å². The van der Waals surface area contributed by atoms with Crippen LogP contribution >= 0.6 is 34.3 Å². The maximum Gasteiger partial charge on any atom is 0.285 e. The number of thiophene rings is 1. The highest BCUT2D eigenvalue weighted by atomic mass is 35.5. The van der Waals surface area contributed by atoms with Gasteiger partial charge in [0.05, 0.1) is 0 Å². The van der Waals surface area contributed by atoms with Crippen LogP contribution in [0.15, 0.2) is 16.8 Å². The molecule has 1 aliphatic carbocycles. The van der Waals surface area contributed by atoms with E-state index < -0.39 is 0 Å². The van der Waals surface area contributed by atoms with Crippen molar-refractivity contribution in [2.24, 2.45) is 0 Å². The van der Waals surface area contributed by atoms with Crippen molar-refractivity contribution in [1.29, 1.82) is 0 Å². The number of hydrogen-bond donors (Lipinski definition) is 0. The summed E-state index contributed by atoms with van der Waals surface area (Å²) < 4.78 is 0.310. The summed E-state index contributed by atoms with van der Waals surface area (Å²) >= 11 is 8.50. The molecule has 1 aliphatic rings. The van der Waals surface area contributed by atoms with E-state index in [-0.39, 0.29) is 5.91 Å². The van der Waals surface area contributed by atoms with Crippen LogP contribution in [-0.4, -0.2) is 27.0 Å². The topological polar surface area (TPSA) is 46.1 Å². The molecular formula is C11H10ClN3OS2. The largest absolute Gasteiger partial charge is 0.329 e.